The smallest absolute Gasteiger partial charge is 0.233 e. The Balaban J connectivity index is 1.52. The number of anilines is 1. The van der Waals surface area contributed by atoms with Crippen LogP contribution in [0.2, 0.25) is 5.02 Å². The molecule has 2 aromatic rings. The van der Waals surface area contributed by atoms with Crippen molar-refractivity contribution in [3.05, 3.63) is 59.1 Å². The lowest BCUT2D eigenvalue weighted by molar-refractivity contribution is -0.120. The SMILES string of the molecule is CC[C@@H](Sc1ccc(Cl)cc1)C(=O)NCc1ccc(N2CCCC2)cc1. The highest BCUT2D eigenvalue weighted by atomic mass is 35.5. The summed E-state index contributed by atoms with van der Waals surface area (Å²) in [4.78, 5) is 16.0. The van der Waals surface area contributed by atoms with Crippen molar-refractivity contribution in [3.63, 3.8) is 0 Å². The molecule has 0 bridgehead atoms. The number of rotatable bonds is 7. The second-order valence-electron chi connectivity index (χ2n) is 6.55. The Kier molecular flexibility index (Phi) is 6.86. The summed E-state index contributed by atoms with van der Waals surface area (Å²) in [5.74, 6) is 0.0797. The number of nitrogens with one attached hydrogen (secondary N) is 1. The van der Waals surface area contributed by atoms with Crippen LogP contribution in [0.15, 0.2) is 53.4 Å². The highest BCUT2D eigenvalue weighted by molar-refractivity contribution is 8.00. The van der Waals surface area contributed by atoms with Crippen LogP contribution < -0.4 is 10.2 Å². The van der Waals surface area contributed by atoms with E-state index < -0.39 is 0 Å². The summed E-state index contributed by atoms with van der Waals surface area (Å²) < 4.78 is 0. The van der Waals surface area contributed by atoms with E-state index in [0.29, 0.717) is 11.6 Å². The number of carbonyl (C=O) groups is 1. The van der Waals surface area contributed by atoms with Crippen LogP contribution in [0, 0.1) is 0 Å². The molecule has 1 aliphatic heterocycles. The minimum atomic E-state index is -0.0972. The normalized spacial score (nSPS) is 15.1. The second kappa shape index (κ2) is 9.33. The number of hydrogen-bond donors (Lipinski definition) is 1. The molecule has 3 rings (SSSR count). The number of nitrogens with zero attached hydrogens (tertiary/aromatic N) is 1. The molecule has 0 aliphatic carbocycles. The van der Waals surface area contributed by atoms with Crippen molar-refractivity contribution in [2.75, 3.05) is 18.0 Å². The minimum Gasteiger partial charge on any atom is -0.372 e. The number of hydrogen-bond acceptors (Lipinski definition) is 3. The molecule has 5 heteroatoms. The lowest BCUT2D eigenvalue weighted by Gasteiger charge is -2.18. The van der Waals surface area contributed by atoms with Crippen molar-refractivity contribution >= 4 is 35.0 Å². The zero-order chi connectivity index (χ0) is 18.4. The Morgan fingerprint density at radius 1 is 1.12 bits per heavy atom. The molecule has 138 valence electrons. The number of amides is 1. The number of benzene rings is 2. The van der Waals surface area contributed by atoms with Crippen LogP contribution in [-0.2, 0) is 11.3 Å². The first-order valence-electron chi connectivity index (χ1n) is 9.19. The van der Waals surface area contributed by atoms with Crippen LogP contribution in [0.3, 0.4) is 0 Å². The maximum Gasteiger partial charge on any atom is 0.233 e. The molecule has 0 unspecified atom stereocenters. The Bertz CT molecular complexity index is 712. The molecule has 0 aromatic heterocycles. The van der Waals surface area contributed by atoms with Crippen LogP contribution in [0.1, 0.15) is 31.7 Å². The van der Waals surface area contributed by atoms with E-state index in [1.165, 1.54) is 18.5 Å². The number of carbonyl (C=O) groups excluding carboxylic acids is 1. The third kappa shape index (κ3) is 5.18. The van der Waals surface area contributed by atoms with Crippen molar-refractivity contribution < 1.29 is 4.79 Å². The molecule has 0 saturated carbocycles. The van der Waals surface area contributed by atoms with Crippen molar-refractivity contribution in [1.29, 1.82) is 0 Å². The van der Waals surface area contributed by atoms with E-state index in [0.717, 1.165) is 30.0 Å². The molecule has 0 spiro atoms. The van der Waals surface area contributed by atoms with E-state index in [9.17, 15) is 4.79 Å². The maximum absolute atomic E-state index is 12.5. The van der Waals surface area contributed by atoms with Crippen LogP contribution in [0.25, 0.3) is 0 Å². The fourth-order valence-electron chi connectivity index (χ4n) is 3.10. The van der Waals surface area contributed by atoms with Crippen LogP contribution in [0.4, 0.5) is 5.69 Å². The Morgan fingerprint density at radius 2 is 1.77 bits per heavy atom. The monoisotopic (exact) mass is 388 g/mol. The Morgan fingerprint density at radius 3 is 2.38 bits per heavy atom. The molecule has 1 fully saturated rings. The molecule has 26 heavy (non-hydrogen) atoms. The minimum absolute atomic E-state index is 0.0797. The molecule has 2 aromatic carbocycles. The van der Waals surface area contributed by atoms with Gasteiger partial charge in [0, 0.05) is 35.2 Å². The topological polar surface area (TPSA) is 32.3 Å². The van der Waals surface area contributed by atoms with Crippen LogP contribution >= 0.6 is 23.4 Å². The molecule has 1 aliphatic rings. The van der Waals surface area contributed by atoms with E-state index in [-0.39, 0.29) is 11.2 Å². The first-order valence-corrected chi connectivity index (χ1v) is 10.5. The van der Waals surface area contributed by atoms with Gasteiger partial charge >= 0.3 is 0 Å². The van der Waals surface area contributed by atoms with Gasteiger partial charge in [0.1, 0.15) is 0 Å². The van der Waals surface area contributed by atoms with E-state index in [4.69, 9.17) is 11.6 Å². The van der Waals surface area contributed by atoms with Crippen LogP contribution in [0.5, 0.6) is 0 Å². The van der Waals surface area contributed by atoms with E-state index in [1.807, 2.05) is 31.2 Å². The standard InChI is InChI=1S/C21H25ClN2OS/c1-2-20(26-19-11-7-17(22)8-12-19)21(25)23-15-16-5-9-18(10-6-16)24-13-3-4-14-24/h5-12,20H,2-4,13-15H2,1H3,(H,23,25)/t20-/m1/s1. The maximum atomic E-state index is 12.5. The van der Waals surface area contributed by atoms with Gasteiger partial charge in [0.2, 0.25) is 5.91 Å². The highest BCUT2D eigenvalue weighted by Crippen LogP contribution is 2.27. The van der Waals surface area contributed by atoms with E-state index in [1.54, 1.807) is 11.8 Å². The predicted octanol–water partition coefficient (Wildman–Crippen LogP) is 5.13. The van der Waals surface area contributed by atoms with Gasteiger partial charge < -0.3 is 10.2 Å². The van der Waals surface area contributed by atoms with Crippen molar-refractivity contribution in [2.24, 2.45) is 0 Å². The van der Waals surface area contributed by atoms with Gasteiger partial charge in [0.25, 0.3) is 0 Å². The van der Waals surface area contributed by atoms with Gasteiger partial charge in [-0.1, -0.05) is 30.7 Å². The Labute approximate surface area is 165 Å². The van der Waals surface area contributed by atoms with E-state index in [2.05, 4.69) is 34.5 Å². The van der Waals surface area contributed by atoms with Gasteiger partial charge in [-0.25, -0.2) is 0 Å². The Hall–Kier alpha value is -1.65. The summed E-state index contributed by atoms with van der Waals surface area (Å²) in [5, 5.41) is 3.69. The zero-order valence-electron chi connectivity index (χ0n) is 15.1. The first-order chi connectivity index (χ1) is 12.7. The van der Waals surface area contributed by atoms with Crippen molar-refractivity contribution in [1.82, 2.24) is 5.32 Å². The quantitative estimate of drug-likeness (QED) is 0.667. The molecular formula is C21H25ClN2OS. The van der Waals surface area contributed by atoms with Crippen molar-refractivity contribution in [3.8, 4) is 0 Å². The van der Waals surface area contributed by atoms with Gasteiger partial charge in [-0.2, -0.15) is 0 Å². The second-order valence-corrected chi connectivity index (χ2v) is 8.26. The summed E-state index contributed by atoms with van der Waals surface area (Å²) in [6.07, 6.45) is 3.34. The molecule has 1 heterocycles. The zero-order valence-corrected chi connectivity index (χ0v) is 16.7. The summed E-state index contributed by atoms with van der Waals surface area (Å²) >= 11 is 7.51. The molecule has 3 nitrogen and oxygen atoms in total. The molecule has 1 amide bonds. The van der Waals surface area contributed by atoms with Crippen LogP contribution in [-0.4, -0.2) is 24.2 Å². The summed E-state index contributed by atoms with van der Waals surface area (Å²) in [6, 6.07) is 16.2. The lowest BCUT2D eigenvalue weighted by atomic mass is 10.2. The van der Waals surface area contributed by atoms with Gasteiger partial charge in [-0.3, -0.25) is 4.79 Å². The average Bonchev–Trinajstić information content (AvgIpc) is 3.21. The summed E-state index contributed by atoms with van der Waals surface area (Å²) in [6.45, 7) is 4.90. The van der Waals surface area contributed by atoms with Crippen molar-refractivity contribution in [2.45, 2.75) is 42.9 Å². The number of thioether (sulfide) groups is 1. The largest absolute Gasteiger partial charge is 0.372 e. The number of halogens is 1. The molecule has 0 radical (unpaired) electrons. The van der Waals surface area contributed by atoms with E-state index >= 15 is 0 Å². The summed E-state index contributed by atoms with van der Waals surface area (Å²) in [5.41, 5.74) is 2.41. The molecule has 1 atom stereocenters. The fraction of sp³-hybridized carbons (Fsp3) is 0.381. The lowest BCUT2D eigenvalue weighted by Crippen LogP contribution is -2.31. The predicted molar refractivity (Wildman–Crippen MR) is 111 cm³/mol. The third-order valence-corrected chi connectivity index (χ3v) is 6.26. The van der Waals surface area contributed by atoms with Gasteiger partial charge in [-0.05, 0) is 61.2 Å². The fourth-order valence-corrected chi connectivity index (χ4v) is 4.21. The molecule has 1 saturated heterocycles. The summed E-state index contributed by atoms with van der Waals surface area (Å²) in [7, 11) is 0. The third-order valence-electron chi connectivity index (χ3n) is 4.63. The van der Waals surface area contributed by atoms with Gasteiger partial charge in [0.05, 0.1) is 5.25 Å². The average molecular weight is 389 g/mol. The van der Waals surface area contributed by atoms with Gasteiger partial charge in [-0.15, -0.1) is 11.8 Å². The van der Waals surface area contributed by atoms with Gasteiger partial charge in [0.15, 0.2) is 0 Å². The highest BCUT2D eigenvalue weighted by Gasteiger charge is 2.18. The molecular weight excluding hydrogens is 364 g/mol. The first kappa shape index (κ1) is 19.1. The molecule has 1 N–H and O–H groups in total.